The van der Waals surface area contributed by atoms with Gasteiger partial charge in [-0.25, -0.2) is 8.42 Å². The van der Waals surface area contributed by atoms with Gasteiger partial charge < -0.3 is 4.90 Å². The Hall–Kier alpha value is -0.880. The molecule has 1 aromatic rings. The molecule has 2 saturated heterocycles. The summed E-state index contributed by atoms with van der Waals surface area (Å²) in [5.41, 5.74) is 0.674. The van der Waals surface area contributed by atoms with Gasteiger partial charge >= 0.3 is 0 Å². The molecule has 0 spiro atoms. The van der Waals surface area contributed by atoms with Crippen molar-refractivity contribution in [1.29, 1.82) is 0 Å². The van der Waals surface area contributed by atoms with Gasteiger partial charge in [0, 0.05) is 28.4 Å². The molecular weight excluding hydrogens is 354 g/mol. The van der Waals surface area contributed by atoms with Crippen LogP contribution in [0, 0.1) is 0 Å². The van der Waals surface area contributed by atoms with Crippen molar-refractivity contribution in [3.05, 3.63) is 34.3 Å². The second kappa shape index (κ2) is 5.39. The molecule has 0 saturated carbocycles. The number of piperidine rings is 1. The number of benzene rings is 1. The third-order valence-electron chi connectivity index (χ3n) is 4.62. The van der Waals surface area contributed by atoms with Crippen molar-refractivity contribution >= 4 is 31.7 Å². The zero-order valence-corrected chi connectivity index (χ0v) is 14.2. The van der Waals surface area contributed by atoms with Crippen molar-refractivity contribution in [2.45, 2.75) is 43.0 Å². The molecule has 21 heavy (non-hydrogen) atoms. The van der Waals surface area contributed by atoms with Gasteiger partial charge in [0.2, 0.25) is 0 Å². The second-order valence-electron chi connectivity index (χ2n) is 6.03. The van der Waals surface area contributed by atoms with E-state index in [0.29, 0.717) is 18.4 Å². The number of amides is 1. The fraction of sp³-hybridized carbons (Fsp3) is 0.533. The maximum absolute atomic E-state index is 12.7. The number of halogens is 1. The quantitative estimate of drug-likeness (QED) is 0.802. The highest BCUT2D eigenvalue weighted by Crippen LogP contribution is 2.39. The number of carbonyl (C=O) groups is 1. The van der Waals surface area contributed by atoms with Crippen molar-refractivity contribution in [1.82, 2.24) is 4.90 Å². The minimum absolute atomic E-state index is 0.0296. The van der Waals surface area contributed by atoms with Crippen LogP contribution in [-0.4, -0.2) is 42.8 Å². The molecule has 1 amide bonds. The first-order valence-corrected chi connectivity index (χ1v) is 9.88. The topological polar surface area (TPSA) is 54.5 Å². The van der Waals surface area contributed by atoms with E-state index >= 15 is 0 Å². The van der Waals surface area contributed by atoms with Gasteiger partial charge in [-0.05, 0) is 49.9 Å². The zero-order valence-electron chi connectivity index (χ0n) is 11.8. The molecule has 6 heteroatoms. The predicted molar refractivity (Wildman–Crippen MR) is 85.0 cm³/mol. The van der Waals surface area contributed by atoms with Crippen molar-refractivity contribution < 1.29 is 13.2 Å². The molecule has 2 aliphatic heterocycles. The first kappa shape index (κ1) is 15.0. The molecule has 3 rings (SSSR count). The van der Waals surface area contributed by atoms with E-state index in [1.807, 2.05) is 29.2 Å². The van der Waals surface area contributed by atoms with Gasteiger partial charge in [0.1, 0.15) is 9.84 Å². The Balaban J connectivity index is 1.82. The number of rotatable bonds is 2. The Morgan fingerprint density at radius 2 is 1.67 bits per heavy atom. The number of hydrogen-bond acceptors (Lipinski definition) is 3. The molecular formula is C15H18BrNO3S. The summed E-state index contributed by atoms with van der Waals surface area (Å²) in [4.78, 5) is 14.6. The average Bonchev–Trinajstić information content (AvgIpc) is 2.67. The summed E-state index contributed by atoms with van der Waals surface area (Å²) in [7, 11) is -3.02. The van der Waals surface area contributed by atoms with Crippen molar-refractivity contribution in [3.63, 3.8) is 0 Å². The van der Waals surface area contributed by atoms with Crippen LogP contribution in [0.5, 0.6) is 0 Å². The molecule has 2 unspecified atom stereocenters. The summed E-state index contributed by atoms with van der Waals surface area (Å²) in [6, 6.07) is 7.49. The SMILES string of the molecule is CS(=O)(=O)C1CC2CCC(C1)N2C(=O)c1ccc(Br)cc1. The molecule has 2 heterocycles. The molecule has 1 aromatic carbocycles. The third-order valence-corrected chi connectivity index (χ3v) is 6.75. The van der Waals surface area contributed by atoms with E-state index in [1.54, 1.807) is 0 Å². The molecule has 0 N–H and O–H groups in total. The number of carbonyl (C=O) groups excluding carboxylic acids is 1. The first-order chi connectivity index (χ1) is 9.86. The van der Waals surface area contributed by atoms with Gasteiger partial charge in [-0.3, -0.25) is 4.79 Å². The molecule has 2 aliphatic rings. The number of fused-ring (bicyclic) bond motifs is 2. The Bertz CT molecular complexity index is 642. The van der Waals surface area contributed by atoms with Crippen molar-refractivity contribution in [2.75, 3.05) is 6.26 Å². The molecule has 2 fully saturated rings. The van der Waals surface area contributed by atoms with Gasteiger partial charge in [-0.1, -0.05) is 15.9 Å². The number of hydrogen-bond donors (Lipinski definition) is 0. The van der Waals surface area contributed by atoms with Gasteiger partial charge in [0.15, 0.2) is 0 Å². The van der Waals surface area contributed by atoms with Crippen LogP contribution in [0.2, 0.25) is 0 Å². The molecule has 0 aliphatic carbocycles. The Kier molecular flexibility index (Phi) is 3.86. The predicted octanol–water partition coefficient (Wildman–Crippen LogP) is 2.63. The van der Waals surface area contributed by atoms with E-state index in [1.165, 1.54) is 6.26 Å². The fourth-order valence-electron chi connectivity index (χ4n) is 3.55. The van der Waals surface area contributed by atoms with Crippen LogP contribution in [0.1, 0.15) is 36.0 Å². The van der Waals surface area contributed by atoms with E-state index in [-0.39, 0.29) is 23.2 Å². The van der Waals surface area contributed by atoms with Crippen LogP contribution in [0.25, 0.3) is 0 Å². The molecule has 114 valence electrons. The van der Waals surface area contributed by atoms with Crippen molar-refractivity contribution in [3.8, 4) is 0 Å². The van der Waals surface area contributed by atoms with Crippen LogP contribution >= 0.6 is 15.9 Å². The highest BCUT2D eigenvalue weighted by Gasteiger charge is 2.45. The van der Waals surface area contributed by atoms with Crippen LogP contribution in [0.3, 0.4) is 0 Å². The molecule has 2 atom stereocenters. The lowest BCUT2D eigenvalue weighted by atomic mass is 10.0. The smallest absolute Gasteiger partial charge is 0.254 e. The second-order valence-corrected chi connectivity index (χ2v) is 9.27. The van der Waals surface area contributed by atoms with Crippen LogP contribution in [0.4, 0.5) is 0 Å². The summed E-state index contributed by atoms with van der Waals surface area (Å²) >= 11 is 3.36. The Morgan fingerprint density at radius 1 is 1.14 bits per heavy atom. The van der Waals surface area contributed by atoms with Gasteiger partial charge in [-0.2, -0.15) is 0 Å². The highest BCUT2D eigenvalue weighted by atomic mass is 79.9. The van der Waals surface area contributed by atoms with E-state index in [4.69, 9.17) is 0 Å². The molecule has 0 aromatic heterocycles. The number of sulfone groups is 1. The van der Waals surface area contributed by atoms with E-state index in [0.717, 1.165) is 17.3 Å². The first-order valence-electron chi connectivity index (χ1n) is 7.13. The summed E-state index contributed by atoms with van der Waals surface area (Å²) in [6.07, 6.45) is 4.30. The molecule has 4 nitrogen and oxygen atoms in total. The minimum Gasteiger partial charge on any atom is -0.333 e. The van der Waals surface area contributed by atoms with Crippen LogP contribution in [-0.2, 0) is 9.84 Å². The summed E-state index contributed by atoms with van der Waals surface area (Å²) in [5.74, 6) is 0.0296. The summed E-state index contributed by atoms with van der Waals surface area (Å²) in [6.45, 7) is 0. The lowest BCUT2D eigenvalue weighted by Gasteiger charge is -2.38. The number of nitrogens with zero attached hydrogens (tertiary/aromatic N) is 1. The monoisotopic (exact) mass is 371 g/mol. The van der Waals surface area contributed by atoms with E-state index in [2.05, 4.69) is 15.9 Å². The van der Waals surface area contributed by atoms with Crippen LogP contribution < -0.4 is 0 Å². The molecule has 0 radical (unpaired) electrons. The van der Waals surface area contributed by atoms with E-state index < -0.39 is 9.84 Å². The molecule has 2 bridgehead atoms. The summed E-state index contributed by atoms with van der Waals surface area (Å²) < 4.78 is 24.5. The highest BCUT2D eigenvalue weighted by molar-refractivity contribution is 9.10. The van der Waals surface area contributed by atoms with Crippen molar-refractivity contribution in [2.24, 2.45) is 0 Å². The zero-order chi connectivity index (χ0) is 15.2. The van der Waals surface area contributed by atoms with Crippen LogP contribution in [0.15, 0.2) is 28.7 Å². The van der Waals surface area contributed by atoms with Gasteiger partial charge in [0.25, 0.3) is 5.91 Å². The lowest BCUT2D eigenvalue weighted by Crippen LogP contribution is -2.49. The minimum atomic E-state index is -3.02. The standard InChI is InChI=1S/C15H18BrNO3S/c1-21(19,20)14-8-12-6-7-13(9-14)17(12)15(18)10-2-4-11(16)5-3-10/h2-5,12-14H,6-9H2,1H3. The van der Waals surface area contributed by atoms with Gasteiger partial charge in [0.05, 0.1) is 5.25 Å². The lowest BCUT2D eigenvalue weighted by molar-refractivity contribution is 0.0598. The Morgan fingerprint density at radius 3 is 2.14 bits per heavy atom. The third kappa shape index (κ3) is 2.88. The largest absolute Gasteiger partial charge is 0.333 e. The van der Waals surface area contributed by atoms with E-state index in [9.17, 15) is 13.2 Å². The Labute approximate surface area is 133 Å². The average molecular weight is 372 g/mol. The maximum atomic E-state index is 12.7. The fourth-order valence-corrected chi connectivity index (χ4v) is 4.96. The maximum Gasteiger partial charge on any atom is 0.254 e. The normalized spacial score (nSPS) is 28.7. The summed E-state index contributed by atoms with van der Waals surface area (Å²) in [5, 5.41) is -0.288. The van der Waals surface area contributed by atoms with Gasteiger partial charge in [-0.15, -0.1) is 0 Å².